The van der Waals surface area contributed by atoms with E-state index in [-0.39, 0.29) is 46.6 Å². The molecule has 1 aromatic carbocycles. The van der Waals surface area contributed by atoms with Crippen molar-refractivity contribution in [2.45, 2.75) is 44.6 Å². The molecule has 2 fully saturated rings. The molecule has 1 aliphatic carbocycles. The van der Waals surface area contributed by atoms with Crippen LogP contribution in [0.5, 0.6) is 0 Å². The summed E-state index contributed by atoms with van der Waals surface area (Å²) in [4.78, 5) is 35.2. The molecule has 0 bridgehead atoms. The number of nitrogens with zero attached hydrogens (tertiary/aromatic N) is 4. The number of likely N-dealkylation sites (tertiary alicyclic amines) is 1. The van der Waals surface area contributed by atoms with Gasteiger partial charge < -0.3 is 10.0 Å². The van der Waals surface area contributed by atoms with Crippen molar-refractivity contribution in [3.05, 3.63) is 116 Å². The highest BCUT2D eigenvalue weighted by atomic mass is 35.5. The first-order valence-electron chi connectivity index (χ1n) is 13.5. The van der Waals surface area contributed by atoms with Crippen LogP contribution in [0.4, 0.5) is 17.6 Å². The van der Waals surface area contributed by atoms with Crippen LogP contribution in [0, 0.1) is 12.7 Å². The van der Waals surface area contributed by atoms with Gasteiger partial charge in [-0.2, -0.15) is 0 Å². The van der Waals surface area contributed by atoms with E-state index >= 15 is 8.78 Å². The van der Waals surface area contributed by atoms with Crippen molar-refractivity contribution in [1.82, 2.24) is 14.5 Å². The zero-order valence-corrected chi connectivity index (χ0v) is 23.9. The van der Waals surface area contributed by atoms with Gasteiger partial charge in [0.1, 0.15) is 16.6 Å². The molecule has 1 N–H and O–H groups in total. The fraction of sp³-hybridized carbons (Fsp3) is 0.290. The van der Waals surface area contributed by atoms with E-state index in [0.717, 1.165) is 17.0 Å². The molecular weight excluding hydrogens is 588 g/mol. The largest absolute Gasteiger partial charge is 0.389 e. The molecular formula is C31H27ClF4N4O3. The van der Waals surface area contributed by atoms with Gasteiger partial charge in [-0.25, -0.2) is 17.6 Å². The molecule has 1 saturated carbocycles. The molecule has 0 radical (unpaired) electrons. The Morgan fingerprint density at radius 2 is 1.91 bits per heavy atom. The number of hydrogen-bond donors (Lipinski definition) is 1. The lowest BCUT2D eigenvalue weighted by molar-refractivity contribution is 0.00558. The van der Waals surface area contributed by atoms with E-state index in [0.29, 0.717) is 23.2 Å². The molecule has 5 rings (SSSR count). The second-order valence-electron chi connectivity index (χ2n) is 10.5. The molecule has 2 aromatic heterocycles. The lowest BCUT2D eigenvalue weighted by Gasteiger charge is -2.36. The molecule has 0 spiro atoms. The summed E-state index contributed by atoms with van der Waals surface area (Å²) in [5, 5.41) is 9.36. The van der Waals surface area contributed by atoms with Gasteiger partial charge in [0, 0.05) is 48.5 Å². The maximum Gasteiger partial charge on any atom is 0.273 e. The number of aryl methyl sites for hydroxylation is 1. The molecule has 7 nitrogen and oxygen atoms in total. The summed E-state index contributed by atoms with van der Waals surface area (Å²) < 4.78 is 58.7. The Morgan fingerprint density at radius 1 is 1.19 bits per heavy atom. The van der Waals surface area contributed by atoms with E-state index in [1.807, 2.05) is 0 Å². The Kier molecular flexibility index (Phi) is 8.66. The first-order valence-corrected chi connectivity index (χ1v) is 13.9. The molecule has 1 amide bonds. The second kappa shape index (κ2) is 12.3. The molecule has 12 heteroatoms. The average Bonchev–Trinajstić information content (AvgIpc) is 3.77. The third-order valence-electron chi connectivity index (χ3n) is 7.51. The van der Waals surface area contributed by atoms with Crippen LogP contribution >= 0.6 is 11.6 Å². The van der Waals surface area contributed by atoms with Crippen molar-refractivity contribution in [2.24, 2.45) is 4.99 Å². The summed E-state index contributed by atoms with van der Waals surface area (Å²) in [5.74, 6) is -3.06. The van der Waals surface area contributed by atoms with Crippen molar-refractivity contribution in [3.8, 4) is 0 Å². The number of carbonyl (C=O) groups excluding carboxylic acids is 1. The topological polar surface area (TPSA) is 87.8 Å². The Labute approximate surface area is 249 Å². The molecule has 1 saturated heterocycles. The molecule has 2 aliphatic rings. The van der Waals surface area contributed by atoms with Crippen LogP contribution in [0.25, 0.3) is 6.20 Å². The number of amides is 1. The van der Waals surface area contributed by atoms with Crippen LogP contribution in [-0.2, 0) is 0 Å². The monoisotopic (exact) mass is 614 g/mol. The SMILES string of the molecule is C/C=C/N=C(/C(F)=C/n1c(C)cc(C2CC2c2cncc(C(F)F)c2)c(Cl)c1=O)c1cccc(C(=O)N2CC(O)C2)c1F. The third kappa shape index (κ3) is 6.05. The van der Waals surface area contributed by atoms with Gasteiger partial charge in [0.15, 0.2) is 5.83 Å². The zero-order valence-electron chi connectivity index (χ0n) is 23.1. The van der Waals surface area contributed by atoms with Gasteiger partial charge in [0.2, 0.25) is 0 Å². The van der Waals surface area contributed by atoms with E-state index in [1.54, 1.807) is 19.9 Å². The summed E-state index contributed by atoms with van der Waals surface area (Å²) in [5.41, 5.74) is -0.509. The fourth-order valence-corrected chi connectivity index (χ4v) is 5.42. The second-order valence-corrected chi connectivity index (χ2v) is 10.9. The number of aliphatic hydroxyl groups is 1. The van der Waals surface area contributed by atoms with Crippen molar-refractivity contribution in [3.63, 3.8) is 0 Å². The van der Waals surface area contributed by atoms with Crippen LogP contribution in [0.3, 0.4) is 0 Å². The maximum absolute atomic E-state index is 15.8. The minimum absolute atomic E-state index is 0.0653. The third-order valence-corrected chi connectivity index (χ3v) is 7.89. The van der Waals surface area contributed by atoms with Gasteiger partial charge in [-0.05, 0) is 67.5 Å². The van der Waals surface area contributed by atoms with Gasteiger partial charge in [0.25, 0.3) is 17.9 Å². The normalized spacial score (nSPS) is 19.3. The number of β-amino-alcohol motifs (C(OH)–C–C–N with tert-alkyl or cyclic N) is 1. The number of allylic oxidation sites excluding steroid dienone is 2. The van der Waals surface area contributed by atoms with Crippen molar-refractivity contribution < 1.29 is 27.5 Å². The van der Waals surface area contributed by atoms with E-state index in [9.17, 15) is 23.5 Å². The predicted octanol–water partition coefficient (Wildman–Crippen LogP) is 6.16. The standard InChI is InChI=1S/C31H27ClF4N4O3/c1-3-7-38-28(20-5-4-6-21(27(20)34)30(42)39-13-19(41)14-39)25(33)15-40-16(2)8-24(26(32)31(40)43)23-10-22(23)17-9-18(29(35)36)12-37-11-17/h3-9,11-12,15,19,22-23,29,41H,10,13-14H2,1-2H3/b7-3+,25-15-,38-28+. The lowest BCUT2D eigenvalue weighted by atomic mass is 10.0. The Bertz CT molecular complexity index is 1730. The highest BCUT2D eigenvalue weighted by Gasteiger charge is 2.42. The van der Waals surface area contributed by atoms with E-state index in [2.05, 4.69) is 9.98 Å². The summed E-state index contributed by atoms with van der Waals surface area (Å²) in [6.45, 7) is 3.34. The smallest absolute Gasteiger partial charge is 0.273 e. The molecule has 224 valence electrons. The number of halogens is 5. The Balaban J connectivity index is 1.47. The number of benzene rings is 1. The van der Waals surface area contributed by atoms with Crippen LogP contribution in [-0.4, -0.2) is 50.4 Å². The summed E-state index contributed by atoms with van der Waals surface area (Å²) in [7, 11) is 0. The number of rotatable bonds is 8. The number of aromatic nitrogens is 2. The van der Waals surface area contributed by atoms with Gasteiger partial charge in [0.05, 0.1) is 17.9 Å². The number of carbonyl (C=O) groups is 1. The number of aliphatic hydroxyl groups excluding tert-OH is 1. The van der Waals surface area contributed by atoms with Gasteiger partial charge >= 0.3 is 0 Å². The van der Waals surface area contributed by atoms with Crippen molar-refractivity contribution >= 4 is 29.4 Å². The van der Waals surface area contributed by atoms with E-state index in [1.165, 1.54) is 47.6 Å². The Hall–Kier alpha value is -4.09. The van der Waals surface area contributed by atoms with Crippen molar-refractivity contribution in [1.29, 1.82) is 0 Å². The summed E-state index contributed by atoms with van der Waals surface area (Å²) in [6, 6.07) is 6.94. The molecule has 3 aromatic rings. The summed E-state index contributed by atoms with van der Waals surface area (Å²) >= 11 is 6.46. The molecule has 1 aliphatic heterocycles. The van der Waals surface area contributed by atoms with Crippen LogP contribution in [0.1, 0.15) is 69.9 Å². The average molecular weight is 615 g/mol. The van der Waals surface area contributed by atoms with E-state index < -0.39 is 41.4 Å². The molecule has 2 unspecified atom stereocenters. The first kappa shape index (κ1) is 30.4. The number of hydrogen-bond acceptors (Lipinski definition) is 5. The van der Waals surface area contributed by atoms with Crippen molar-refractivity contribution in [2.75, 3.05) is 13.1 Å². The first-order chi connectivity index (χ1) is 20.5. The zero-order chi connectivity index (χ0) is 31.0. The van der Waals surface area contributed by atoms with Gasteiger partial charge in [-0.3, -0.25) is 24.1 Å². The maximum atomic E-state index is 15.8. The fourth-order valence-electron chi connectivity index (χ4n) is 5.14. The number of alkyl halides is 2. The number of aliphatic imine (C=N–C) groups is 1. The summed E-state index contributed by atoms with van der Waals surface area (Å²) in [6.07, 6.45) is 3.47. The number of pyridine rings is 2. The van der Waals surface area contributed by atoms with Gasteiger partial charge in [-0.15, -0.1) is 0 Å². The molecule has 2 atom stereocenters. The molecule has 3 heterocycles. The quantitative estimate of drug-likeness (QED) is 0.243. The van der Waals surface area contributed by atoms with E-state index in [4.69, 9.17) is 11.6 Å². The highest BCUT2D eigenvalue weighted by molar-refractivity contribution is 6.31. The Morgan fingerprint density at radius 3 is 2.58 bits per heavy atom. The van der Waals surface area contributed by atoms with Crippen LogP contribution in [0.2, 0.25) is 5.02 Å². The predicted molar refractivity (Wildman–Crippen MR) is 155 cm³/mol. The minimum atomic E-state index is -2.66. The lowest BCUT2D eigenvalue weighted by Crippen LogP contribution is -2.53. The molecule has 43 heavy (non-hydrogen) atoms. The van der Waals surface area contributed by atoms with Gasteiger partial charge in [-0.1, -0.05) is 23.7 Å². The van der Waals surface area contributed by atoms with Crippen LogP contribution < -0.4 is 5.56 Å². The minimum Gasteiger partial charge on any atom is -0.389 e. The highest BCUT2D eigenvalue weighted by Crippen LogP contribution is 2.56. The van der Waals surface area contributed by atoms with Crippen LogP contribution in [0.15, 0.2) is 70.6 Å².